The lowest BCUT2D eigenvalue weighted by Crippen LogP contribution is -1.99. The molecule has 0 saturated heterocycles. The molecule has 0 aliphatic rings. The predicted octanol–water partition coefficient (Wildman–Crippen LogP) is 3.76. The molecule has 0 saturated carbocycles. The van der Waals surface area contributed by atoms with E-state index in [0.717, 1.165) is 22.6 Å². The molecule has 0 unspecified atom stereocenters. The molecule has 21 heavy (non-hydrogen) atoms. The van der Waals surface area contributed by atoms with Crippen molar-refractivity contribution in [1.82, 2.24) is 9.78 Å². The third-order valence-corrected chi connectivity index (χ3v) is 3.21. The van der Waals surface area contributed by atoms with Gasteiger partial charge in [-0.25, -0.2) is 4.68 Å². The molecular formula is C16H13N3O2. The topological polar surface area (TPSA) is 61.0 Å². The van der Waals surface area contributed by atoms with Crippen molar-refractivity contribution in [3.05, 3.63) is 76.5 Å². The van der Waals surface area contributed by atoms with Crippen LogP contribution in [0, 0.1) is 17.0 Å². The van der Waals surface area contributed by atoms with Gasteiger partial charge in [0.1, 0.15) is 0 Å². The van der Waals surface area contributed by atoms with Gasteiger partial charge >= 0.3 is 0 Å². The Morgan fingerprint density at radius 3 is 2.33 bits per heavy atom. The number of benzene rings is 2. The first-order chi connectivity index (χ1) is 10.1. The van der Waals surface area contributed by atoms with Crippen LogP contribution >= 0.6 is 0 Å². The molecule has 0 aliphatic carbocycles. The normalized spacial score (nSPS) is 10.5. The highest BCUT2D eigenvalue weighted by molar-refractivity contribution is 5.62. The van der Waals surface area contributed by atoms with E-state index < -0.39 is 4.92 Å². The molecule has 0 radical (unpaired) electrons. The van der Waals surface area contributed by atoms with Crippen molar-refractivity contribution in [2.75, 3.05) is 0 Å². The van der Waals surface area contributed by atoms with Gasteiger partial charge in [-0.05, 0) is 25.1 Å². The van der Waals surface area contributed by atoms with Crippen molar-refractivity contribution in [2.45, 2.75) is 6.92 Å². The Kier molecular flexibility index (Phi) is 3.23. The number of nitrogens with zero attached hydrogens (tertiary/aromatic N) is 3. The van der Waals surface area contributed by atoms with Crippen molar-refractivity contribution >= 4 is 5.69 Å². The number of nitro groups is 1. The van der Waals surface area contributed by atoms with Crippen molar-refractivity contribution in [1.29, 1.82) is 0 Å². The van der Waals surface area contributed by atoms with Gasteiger partial charge in [0.25, 0.3) is 5.69 Å². The minimum Gasteiger partial charge on any atom is -0.258 e. The van der Waals surface area contributed by atoms with Crippen LogP contribution in [0.3, 0.4) is 0 Å². The zero-order chi connectivity index (χ0) is 14.8. The SMILES string of the molecule is Cc1cc(-c2ccccc2)n(-c2ccc([N+](=O)[O-])cc2)n1. The summed E-state index contributed by atoms with van der Waals surface area (Å²) in [6, 6.07) is 18.3. The van der Waals surface area contributed by atoms with Crippen molar-refractivity contribution in [3.8, 4) is 16.9 Å². The quantitative estimate of drug-likeness (QED) is 0.541. The van der Waals surface area contributed by atoms with Crippen LogP contribution in [0.5, 0.6) is 0 Å². The Morgan fingerprint density at radius 2 is 1.71 bits per heavy atom. The van der Waals surface area contributed by atoms with Crippen LogP contribution in [0.25, 0.3) is 16.9 Å². The summed E-state index contributed by atoms with van der Waals surface area (Å²) in [5, 5.41) is 15.2. The molecule has 1 heterocycles. The summed E-state index contributed by atoms with van der Waals surface area (Å²) < 4.78 is 1.80. The number of nitro benzene ring substituents is 1. The lowest BCUT2D eigenvalue weighted by atomic mass is 10.1. The van der Waals surface area contributed by atoms with Crippen molar-refractivity contribution in [2.24, 2.45) is 0 Å². The Hall–Kier alpha value is -2.95. The first-order valence-electron chi connectivity index (χ1n) is 6.52. The highest BCUT2D eigenvalue weighted by Crippen LogP contribution is 2.24. The van der Waals surface area contributed by atoms with Crippen LogP contribution < -0.4 is 0 Å². The molecule has 104 valence electrons. The van der Waals surface area contributed by atoms with E-state index >= 15 is 0 Å². The molecule has 5 heteroatoms. The summed E-state index contributed by atoms with van der Waals surface area (Å²) in [7, 11) is 0. The second-order valence-corrected chi connectivity index (χ2v) is 4.72. The Labute approximate surface area is 121 Å². The fraction of sp³-hybridized carbons (Fsp3) is 0.0625. The van der Waals surface area contributed by atoms with Gasteiger partial charge in [0.05, 0.1) is 22.0 Å². The number of rotatable bonds is 3. The highest BCUT2D eigenvalue weighted by atomic mass is 16.6. The van der Waals surface area contributed by atoms with Gasteiger partial charge in [0, 0.05) is 17.7 Å². The first kappa shape index (κ1) is 13.1. The molecule has 0 fully saturated rings. The van der Waals surface area contributed by atoms with Gasteiger partial charge in [-0.1, -0.05) is 30.3 Å². The maximum absolute atomic E-state index is 10.7. The predicted molar refractivity (Wildman–Crippen MR) is 80.4 cm³/mol. The van der Waals surface area contributed by atoms with Crippen LogP contribution in [0.4, 0.5) is 5.69 Å². The molecule has 0 N–H and O–H groups in total. The van der Waals surface area contributed by atoms with E-state index in [-0.39, 0.29) is 5.69 Å². The first-order valence-corrected chi connectivity index (χ1v) is 6.52. The smallest absolute Gasteiger partial charge is 0.258 e. The number of hydrogen-bond donors (Lipinski definition) is 0. The van der Waals surface area contributed by atoms with Crippen molar-refractivity contribution < 1.29 is 4.92 Å². The number of aryl methyl sites for hydroxylation is 1. The van der Waals surface area contributed by atoms with Crippen LogP contribution in [-0.4, -0.2) is 14.7 Å². The lowest BCUT2D eigenvalue weighted by molar-refractivity contribution is -0.384. The summed E-state index contributed by atoms with van der Waals surface area (Å²) in [5.74, 6) is 0. The minimum absolute atomic E-state index is 0.0730. The Morgan fingerprint density at radius 1 is 1.05 bits per heavy atom. The highest BCUT2D eigenvalue weighted by Gasteiger charge is 2.11. The molecule has 2 aromatic carbocycles. The summed E-state index contributed by atoms with van der Waals surface area (Å²) in [4.78, 5) is 10.3. The van der Waals surface area contributed by atoms with Gasteiger partial charge in [-0.15, -0.1) is 0 Å². The lowest BCUT2D eigenvalue weighted by Gasteiger charge is -2.07. The molecule has 0 spiro atoms. The summed E-state index contributed by atoms with van der Waals surface area (Å²) in [6.07, 6.45) is 0. The largest absolute Gasteiger partial charge is 0.269 e. The van der Waals surface area contributed by atoms with E-state index in [2.05, 4.69) is 5.10 Å². The second-order valence-electron chi connectivity index (χ2n) is 4.72. The molecule has 1 aromatic heterocycles. The van der Waals surface area contributed by atoms with Crippen LogP contribution in [0.2, 0.25) is 0 Å². The fourth-order valence-corrected chi connectivity index (χ4v) is 2.23. The Bertz CT molecular complexity index is 777. The van der Waals surface area contributed by atoms with Gasteiger partial charge in [0.2, 0.25) is 0 Å². The molecule has 0 aliphatic heterocycles. The Balaban J connectivity index is 2.09. The molecule has 5 nitrogen and oxygen atoms in total. The maximum atomic E-state index is 10.7. The fourth-order valence-electron chi connectivity index (χ4n) is 2.23. The van der Waals surface area contributed by atoms with Gasteiger partial charge < -0.3 is 0 Å². The summed E-state index contributed by atoms with van der Waals surface area (Å²) >= 11 is 0. The summed E-state index contributed by atoms with van der Waals surface area (Å²) in [5.41, 5.74) is 3.78. The van der Waals surface area contributed by atoms with Gasteiger partial charge in [-0.2, -0.15) is 5.10 Å². The molecular weight excluding hydrogens is 266 g/mol. The van der Waals surface area contributed by atoms with Gasteiger partial charge in [0.15, 0.2) is 0 Å². The molecule has 0 atom stereocenters. The van der Waals surface area contributed by atoms with Crippen molar-refractivity contribution in [3.63, 3.8) is 0 Å². The van der Waals surface area contributed by atoms with Crippen LogP contribution in [0.15, 0.2) is 60.7 Å². The number of hydrogen-bond acceptors (Lipinski definition) is 3. The zero-order valence-electron chi connectivity index (χ0n) is 11.4. The molecule has 3 rings (SSSR count). The minimum atomic E-state index is -0.407. The third-order valence-electron chi connectivity index (χ3n) is 3.21. The number of non-ortho nitro benzene ring substituents is 1. The second kappa shape index (κ2) is 5.20. The molecule has 0 bridgehead atoms. The van der Waals surface area contributed by atoms with Gasteiger partial charge in [-0.3, -0.25) is 10.1 Å². The molecule has 0 amide bonds. The third kappa shape index (κ3) is 2.53. The standard InChI is InChI=1S/C16H13N3O2/c1-12-11-16(13-5-3-2-4-6-13)18(17-12)14-7-9-15(10-8-14)19(20)21/h2-11H,1H3. The van der Waals surface area contributed by atoms with E-state index in [1.54, 1.807) is 16.8 Å². The van der Waals surface area contributed by atoms with E-state index in [9.17, 15) is 10.1 Å². The molecule has 3 aromatic rings. The van der Waals surface area contributed by atoms with E-state index in [4.69, 9.17) is 0 Å². The van der Waals surface area contributed by atoms with E-state index in [1.807, 2.05) is 43.3 Å². The average Bonchev–Trinajstić information content (AvgIpc) is 2.90. The van der Waals surface area contributed by atoms with E-state index in [1.165, 1.54) is 12.1 Å². The van der Waals surface area contributed by atoms with Crippen LogP contribution in [-0.2, 0) is 0 Å². The van der Waals surface area contributed by atoms with Crippen LogP contribution in [0.1, 0.15) is 5.69 Å². The average molecular weight is 279 g/mol. The zero-order valence-corrected chi connectivity index (χ0v) is 11.4. The monoisotopic (exact) mass is 279 g/mol. The van der Waals surface area contributed by atoms with E-state index in [0.29, 0.717) is 0 Å². The summed E-state index contributed by atoms with van der Waals surface area (Å²) in [6.45, 7) is 1.92. The maximum Gasteiger partial charge on any atom is 0.269 e. The number of aromatic nitrogens is 2.